The van der Waals surface area contributed by atoms with Gasteiger partial charge in [0.15, 0.2) is 6.29 Å². The Kier molecular flexibility index (Phi) is 9.71. The van der Waals surface area contributed by atoms with Gasteiger partial charge in [-0.1, -0.05) is 66.0 Å². The lowest BCUT2D eigenvalue weighted by Gasteiger charge is -2.58. The zero-order chi connectivity index (χ0) is 29.7. The maximum atomic E-state index is 10.5. The average molecular weight is 577 g/mol. The third kappa shape index (κ3) is 5.73. The lowest BCUT2D eigenvalue weighted by atomic mass is 9.47. The topological polar surface area (TPSA) is 99.4 Å². The van der Waals surface area contributed by atoms with E-state index in [1.54, 1.807) is 0 Å². The molecule has 5 aliphatic rings. The van der Waals surface area contributed by atoms with Gasteiger partial charge in [-0.15, -0.1) is 0 Å². The van der Waals surface area contributed by atoms with Gasteiger partial charge in [-0.2, -0.15) is 0 Å². The number of aliphatic hydroxyl groups is 4. The van der Waals surface area contributed by atoms with Crippen LogP contribution in [-0.2, 0) is 9.47 Å². The molecule has 0 aromatic heterocycles. The van der Waals surface area contributed by atoms with Gasteiger partial charge in [0.25, 0.3) is 0 Å². The Morgan fingerprint density at radius 1 is 0.951 bits per heavy atom. The third-order valence-corrected chi connectivity index (χ3v) is 13.5. The van der Waals surface area contributed by atoms with Crippen molar-refractivity contribution in [2.45, 2.75) is 149 Å². The summed E-state index contributed by atoms with van der Waals surface area (Å²) in [6.45, 7) is 14.5. The van der Waals surface area contributed by atoms with Crippen molar-refractivity contribution in [3.63, 3.8) is 0 Å². The number of aliphatic hydroxyl groups excluding tert-OH is 4. The Labute approximate surface area is 249 Å². The second kappa shape index (κ2) is 12.5. The van der Waals surface area contributed by atoms with Crippen LogP contribution in [-0.4, -0.2) is 63.8 Å². The summed E-state index contributed by atoms with van der Waals surface area (Å²) in [6, 6.07) is 0. The summed E-state index contributed by atoms with van der Waals surface area (Å²) in [7, 11) is 0. The molecule has 4 N–H and O–H groups in total. The van der Waals surface area contributed by atoms with E-state index in [2.05, 4.69) is 47.6 Å². The molecule has 6 heteroatoms. The van der Waals surface area contributed by atoms with Crippen LogP contribution in [0.15, 0.2) is 11.6 Å². The van der Waals surface area contributed by atoms with Crippen molar-refractivity contribution < 1.29 is 29.9 Å². The quantitative estimate of drug-likeness (QED) is 0.257. The molecule has 5 rings (SSSR count). The molecule has 6 nitrogen and oxygen atoms in total. The van der Waals surface area contributed by atoms with E-state index in [4.69, 9.17) is 9.47 Å². The van der Waals surface area contributed by atoms with E-state index in [1.807, 2.05) is 0 Å². The third-order valence-electron chi connectivity index (χ3n) is 13.5. The summed E-state index contributed by atoms with van der Waals surface area (Å²) in [5, 5.41) is 40.4. The Morgan fingerprint density at radius 3 is 2.39 bits per heavy atom. The lowest BCUT2D eigenvalue weighted by Crippen LogP contribution is -2.60. The fourth-order valence-electron chi connectivity index (χ4n) is 10.8. The minimum absolute atomic E-state index is 0.101. The fourth-order valence-corrected chi connectivity index (χ4v) is 10.8. The Morgan fingerprint density at radius 2 is 1.71 bits per heavy atom. The highest BCUT2D eigenvalue weighted by molar-refractivity contribution is 5.25. The average Bonchev–Trinajstić information content (AvgIpc) is 3.30. The summed E-state index contributed by atoms with van der Waals surface area (Å²) < 4.78 is 11.9. The number of hydrogen-bond donors (Lipinski definition) is 4. The Balaban J connectivity index is 1.24. The number of rotatable bonds is 9. The second-order valence-corrected chi connectivity index (χ2v) is 15.7. The molecule has 0 aromatic carbocycles. The second-order valence-electron chi connectivity index (χ2n) is 15.7. The molecule has 1 aliphatic heterocycles. The molecule has 0 unspecified atom stereocenters. The summed E-state index contributed by atoms with van der Waals surface area (Å²) >= 11 is 0. The van der Waals surface area contributed by atoms with Crippen molar-refractivity contribution >= 4 is 0 Å². The van der Waals surface area contributed by atoms with Gasteiger partial charge in [-0.3, -0.25) is 0 Å². The molecule has 0 radical (unpaired) electrons. The van der Waals surface area contributed by atoms with Crippen molar-refractivity contribution in [3.8, 4) is 0 Å². The standard InChI is InChI=1S/C35H60O6/c1-7-22(20(2)3)9-8-21(4)26-12-13-27-25-11-10-23-18-24(14-16-34(23,5)28(25)15-17-35(26,27)6)40-33-32(39)31(38)30(37)29(19-36)41-33/h10,20-22,24-33,36-39H,7-9,11-19H2,1-6H3/t21-,22-,24-,25+,26-,27+,28+,29+,30+,31-,32+,33-,34-,35+/m0/s1. The molecule has 3 saturated carbocycles. The van der Waals surface area contributed by atoms with Crippen molar-refractivity contribution in [2.24, 2.45) is 52.3 Å². The van der Waals surface area contributed by atoms with Crippen LogP contribution in [0.2, 0.25) is 0 Å². The van der Waals surface area contributed by atoms with Crippen LogP contribution in [0.4, 0.5) is 0 Å². The van der Waals surface area contributed by atoms with E-state index >= 15 is 0 Å². The van der Waals surface area contributed by atoms with E-state index in [0.29, 0.717) is 5.41 Å². The first-order chi connectivity index (χ1) is 19.4. The largest absolute Gasteiger partial charge is 0.394 e. The Bertz CT molecular complexity index is 918. The van der Waals surface area contributed by atoms with Gasteiger partial charge in [-0.25, -0.2) is 0 Å². The zero-order valence-electron chi connectivity index (χ0n) is 26.7. The van der Waals surface area contributed by atoms with Crippen LogP contribution >= 0.6 is 0 Å². The van der Waals surface area contributed by atoms with Crippen molar-refractivity contribution in [1.29, 1.82) is 0 Å². The van der Waals surface area contributed by atoms with Crippen LogP contribution in [0.3, 0.4) is 0 Å². The summed E-state index contributed by atoms with van der Waals surface area (Å²) in [5.74, 6) is 5.66. The highest BCUT2D eigenvalue weighted by atomic mass is 16.7. The number of fused-ring (bicyclic) bond motifs is 5. The van der Waals surface area contributed by atoms with Gasteiger partial charge in [0.05, 0.1) is 12.7 Å². The van der Waals surface area contributed by atoms with Crippen LogP contribution in [0.1, 0.15) is 112 Å². The monoisotopic (exact) mass is 576 g/mol. The van der Waals surface area contributed by atoms with Crippen LogP contribution in [0.5, 0.6) is 0 Å². The van der Waals surface area contributed by atoms with Crippen molar-refractivity contribution in [1.82, 2.24) is 0 Å². The van der Waals surface area contributed by atoms with Crippen LogP contribution in [0.25, 0.3) is 0 Å². The molecule has 41 heavy (non-hydrogen) atoms. The molecule has 0 bridgehead atoms. The molecule has 4 fully saturated rings. The van der Waals surface area contributed by atoms with Gasteiger partial charge in [0.2, 0.25) is 0 Å². The fraction of sp³-hybridized carbons (Fsp3) is 0.943. The molecule has 0 spiro atoms. The van der Waals surface area contributed by atoms with Gasteiger partial charge < -0.3 is 29.9 Å². The van der Waals surface area contributed by atoms with E-state index < -0.39 is 37.3 Å². The number of allylic oxidation sites excluding steroid dienone is 1. The zero-order valence-corrected chi connectivity index (χ0v) is 26.7. The van der Waals surface area contributed by atoms with Gasteiger partial charge in [-0.05, 0) is 110 Å². The molecule has 0 aromatic rings. The van der Waals surface area contributed by atoms with E-state index in [9.17, 15) is 20.4 Å². The highest BCUT2D eigenvalue weighted by Crippen LogP contribution is 2.67. The smallest absolute Gasteiger partial charge is 0.186 e. The maximum absolute atomic E-state index is 10.5. The summed E-state index contributed by atoms with van der Waals surface area (Å²) in [4.78, 5) is 0. The van der Waals surface area contributed by atoms with Crippen LogP contribution < -0.4 is 0 Å². The van der Waals surface area contributed by atoms with E-state index in [1.165, 1.54) is 56.9 Å². The van der Waals surface area contributed by atoms with Gasteiger partial charge in [0.1, 0.15) is 24.4 Å². The van der Waals surface area contributed by atoms with E-state index in [-0.39, 0.29) is 11.5 Å². The molecular weight excluding hydrogens is 516 g/mol. The predicted molar refractivity (Wildman–Crippen MR) is 161 cm³/mol. The maximum Gasteiger partial charge on any atom is 0.186 e. The Hall–Kier alpha value is -0.500. The summed E-state index contributed by atoms with van der Waals surface area (Å²) in [6.07, 6.45) is 9.92. The number of hydrogen-bond acceptors (Lipinski definition) is 6. The first-order valence-electron chi connectivity index (χ1n) is 17.1. The minimum Gasteiger partial charge on any atom is -0.394 e. The molecule has 4 aliphatic carbocycles. The molecule has 1 heterocycles. The molecule has 0 amide bonds. The first kappa shape index (κ1) is 31.9. The minimum atomic E-state index is -1.40. The molecule has 14 atom stereocenters. The van der Waals surface area contributed by atoms with Crippen LogP contribution in [0, 0.1) is 52.3 Å². The molecule has 236 valence electrons. The van der Waals surface area contributed by atoms with Crippen molar-refractivity contribution in [2.75, 3.05) is 6.61 Å². The summed E-state index contributed by atoms with van der Waals surface area (Å²) in [5.41, 5.74) is 2.19. The van der Waals surface area contributed by atoms with Gasteiger partial charge >= 0.3 is 0 Å². The number of ether oxygens (including phenoxy) is 2. The van der Waals surface area contributed by atoms with Gasteiger partial charge in [0, 0.05) is 0 Å². The lowest BCUT2D eigenvalue weighted by molar-refractivity contribution is -0.313. The normalized spacial score (nSPS) is 47.7. The predicted octanol–water partition coefficient (Wildman–Crippen LogP) is 5.85. The van der Waals surface area contributed by atoms with E-state index in [0.717, 1.165) is 60.7 Å². The highest BCUT2D eigenvalue weighted by Gasteiger charge is 2.59. The SMILES string of the molecule is CC[C@@H](CC[C@H](C)[C@@H]1CC[C@@H]2[C@H]3CC=C4C[C@@H](O[C@H]5O[C@H](CO)[C@@H](O)[C@H](O)[C@H]5O)CC[C@]4(C)[C@@H]3CC[C@@]21C)C(C)C. The first-order valence-corrected chi connectivity index (χ1v) is 17.1. The van der Waals surface area contributed by atoms with Crippen molar-refractivity contribution in [3.05, 3.63) is 11.6 Å². The molecular formula is C35H60O6. The molecule has 1 saturated heterocycles.